The van der Waals surface area contributed by atoms with E-state index in [1.165, 1.54) is 7.11 Å². The molecule has 1 atom stereocenters. The summed E-state index contributed by atoms with van der Waals surface area (Å²) in [6.45, 7) is 7.48. The van der Waals surface area contributed by atoms with Gasteiger partial charge < -0.3 is 9.26 Å². The SMILES string of the molecule is COC(=O)[C@H]1CCCCN1Cc1noc(C(C)(C)C)n1. The largest absolute Gasteiger partial charge is 0.468 e. The lowest BCUT2D eigenvalue weighted by Gasteiger charge is -2.32. The van der Waals surface area contributed by atoms with Crippen LogP contribution in [0.1, 0.15) is 51.7 Å². The summed E-state index contributed by atoms with van der Waals surface area (Å²) in [5.74, 6) is 1.08. The molecule has 6 heteroatoms. The summed E-state index contributed by atoms with van der Waals surface area (Å²) in [4.78, 5) is 18.3. The van der Waals surface area contributed by atoms with E-state index < -0.39 is 0 Å². The second kappa shape index (κ2) is 5.91. The van der Waals surface area contributed by atoms with Gasteiger partial charge in [0.25, 0.3) is 0 Å². The van der Waals surface area contributed by atoms with Crippen molar-refractivity contribution >= 4 is 5.97 Å². The first-order valence-corrected chi connectivity index (χ1v) is 7.07. The number of rotatable bonds is 3. The third-order valence-electron chi connectivity index (χ3n) is 3.54. The summed E-state index contributed by atoms with van der Waals surface area (Å²) in [5, 5.41) is 4.02. The molecule has 1 fully saturated rings. The highest BCUT2D eigenvalue weighted by Crippen LogP contribution is 2.22. The fourth-order valence-electron chi connectivity index (χ4n) is 2.39. The molecule has 0 saturated carbocycles. The van der Waals surface area contributed by atoms with Crippen molar-refractivity contribution in [2.45, 2.75) is 58.0 Å². The third kappa shape index (κ3) is 3.36. The number of esters is 1. The summed E-state index contributed by atoms with van der Waals surface area (Å²) < 4.78 is 10.2. The Hall–Kier alpha value is -1.43. The predicted octanol–water partition coefficient (Wildman–Crippen LogP) is 1.89. The van der Waals surface area contributed by atoms with E-state index in [0.29, 0.717) is 18.3 Å². The second-order valence-corrected chi connectivity index (χ2v) is 6.27. The monoisotopic (exact) mass is 281 g/mol. The molecule has 2 heterocycles. The molecule has 0 N–H and O–H groups in total. The molecule has 0 aliphatic carbocycles. The number of methoxy groups -OCH3 is 1. The van der Waals surface area contributed by atoms with Crippen LogP contribution in [0.4, 0.5) is 0 Å². The van der Waals surface area contributed by atoms with Gasteiger partial charge in [-0.25, -0.2) is 0 Å². The Morgan fingerprint density at radius 3 is 2.80 bits per heavy atom. The zero-order valence-electron chi connectivity index (χ0n) is 12.7. The van der Waals surface area contributed by atoms with Crippen LogP contribution in [0.3, 0.4) is 0 Å². The van der Waals surface area contributed by atoms with Gasteiger partial charge in [-0.05, 0) is 19.4 Å². The number of hydrogen-bond acceptors (Lipinski definition) is 6. The molecule has 1 saturated heterocycles. The van der Waals surface area contributed by atoms with Crippen molar-refractivity contribution in [3.63, 3.8) is 0 Å². The Morgan fingerprint density at radius 1 is 1.45 bits per heavy atom. The van der Waals surface area contributed by atoms with Crippen molar-refractivity contribution in [1.29, 1.82) is 0 Å². The molecule has 0 radical (unpaired) electrons. The molecule has 1 aliphatic heterocycles. The Labute approximate surface area is 119 Å². The summed E-state index contributed by atoms with van der Waals surface area (Å²) in [6, 6.07) is -0.190. The van der Waals surface area contributed by atoms with Gasteiger partial charge in [-0.1, -0.05) is 32.3 Å². The van der Waals surface area contributed by atoms with Crippen molar-refractivity contribution in [3.05, 3.63) is 11.7 Å². The van der Waals surface area contributed by atoms with Crippen LogP contribution in [0.25, 0.3) is 0 Å². The number of ether oxygens (including phenoxy) is 1. The molecule has 0 aromatic carbocycles. The van der Waals surface area contributed by atoms with Crippen molar-refractivity contribution in [2.24, 2.45) is 0 Å². The smallest absolute Gasteiger partial charge is 0.323 e. The van der Waals surface area contributed by atoms with E-state index in [-0.39, 0.29) is 17.4 Å². The molecule has 1 aromatic rings. The molecule has 112 valence electrons. The van der Waals surface area contributed by atoms with Crippen molar-refractivity contribution in [3.8, 4) is 0 Å². The Kier molecular flexibility index (Phi) is 4.42. The first kappa shape index (κ1) is 15.0. The maximum absolute atomic E-state index is 11.8. The van der Waals surface area contributed by atoms with Crippen molar-refractivity contribution < 1.29 is 14.1 Å². The number of carbonyl (C=O) groups is 1. The molecule has 2 rings (SSSR count). The van der Waals surface area contributed by atoms with Crippen LogP contribution in [0.2, 0.25) is 0 Å². The highest BCUT2D eigenvalue weighted by Gasteiger charge is 2.31. The van der Waals surface area contributed by atoms with E-state index >= 15 is 0 Å². The first-order chi connectivity index (χ1) is 9.41. The minimum Gasteiger partial charge on any atom is -0.468 e. The van der Waals surface area contributed by atoms with Gasteiger partial charge in [-0.3, -0.25) is 9.69 Å². The fourth-order valence-corrected chi connectivity index (χ4v) is 2.39. The molecule has 20 heavy (non-hydrogen) atoms. The summed E-state index contributed by atoms with van der Waals surface area (Å²) >= 11 is 0. The number of hydrogen-bond donors (Lipinski definition) is 0. The highest BCUT2D eigenvalue weighted by atomic mass is 16.5. The standard InChI is InChI=1S/C14H23N3O3/c1-14(2,3)13-15-11(16-20-13)9-17-8-6-5-7-10(17)12(18)19-4/h10H,5-9H2,1-4H3/t10-/m1/s1. The first-order valence-electron chi connectivity index (χ1n) is 7.07. The van der Waals surface area contributed by atoms with Gasteiger partial charge in [0, 0.05) is 5.41 Å². The molecule has 1 aliphatic rings. The molecular formula is C14H23N3O3. The van der Waals surface area contributed by atoms with Gasteiger partial charge >= 0.3 is 5.97 Å². The van der Waals surface area contributed by atoms with Gasteiger partial charge in [0.2, 0.25) is 5.89 Å². The topological polar surface area (TPSA) is 68.5 Å². The van der Waals surface area contributed by atoms with E-state index in [2.05, 4.69) is 15.0 Å². The van der Waals surface area contributed by atoms with Crippen molar-refractivity contribution in [2.75, 3.05) is 13.7 Å². The number of carbonyl (C=O) groups excluding carboxylic acids is 1. The van der Waals surface area contributed by atoms with Gasteiger partial charge in [-0.15, -0.1) is 0 Å². The lowest BCUT2D eigenvalue weighted by atomic mass is 9.97. The maximum atomic E-state index is 11.8. The lowest BCUT2D eigenvalue weighted by Crippen LogP contribution is -2.44. The van der Waals surface area contributed by atoms with Crippen LogP contribution in [-0.4, -0.2) is 40.7 Å². The van der Waals surface area contributed by atoms with E-state index in [1.54, 1.807) is 0 Å². The highest BCUT2D eigenvalue weighted by molar-refractivity contribution is 5.75. The van der Waals surface area contributed by atoms with Gasteiger partial charge in [0.1, 0.15) is 6.04 Å². The molecule has 6 nitrogen and oxygen atoms in total. The molecule has 0 spiro atoms. The molecule has 0 bridgehead atoms. The Morgan fingerprint density at radius 2 is 2.20 bits per heavy atom. The van der Waals surface area contributed by atoms with Crippen LogP contribution < -0.4 is 0 Å². The predicted molar refractivity (Wildman–Crippen MR) is 73.1 cm³/mol. The summed E-state index contributed by atoms with van der Waals surface area (Å²) in [6.07, 6.45) is 2.96. The quantitative estimate of drug-likeness (QED) is 0.788. The minimum atomic E-state index is -0.190. The number of aromatic nitrogens is 2. The average molecular weight is 281 g/mol. The average Bonchev–Trinajstić information content (AvgIpc) is 2.87. The van der Waals surface area contributed by atoms with E-state index in [9.17, 15) is 4.79 Å². The maximum Gasteiger partial charge on any atom is 0.323 e. The number of nitrogens with zero attached hydrogens (tertiary/aromatic N) is 3. The third-order valence-corrected chi connectivity index (χ3v) is 3.54. The Balaban J connectivity index is 2.07. The lowest BCUT2D eigenvalue weighted by molar-refractivity contribution is -0.148. The van der Waals surface area contributed by atoms with E-state index in [4.69, 9.17) is 9.26 Å². The van der Waals surface area contributed by atoms with Gasteiger partial charge in [0.05, 0.1) is 13.7 Å². The van der Waals surface area contributed by atoms with Crippen LogP contribution in [0, 0.1) is 0 Å². The molecule has 0 amide bonds. The second-order valence-electron chi connectivity index (χ2n) is 6.27. The molecule has 1 aromatic heterocycles. The van der Waals surface area contributed by atoms with E-state index in [1.807, 2.05) is 20.8 Å². The van der Waals surface area contributed by atoms with Crippen LogP contribution in [-0.2, 0) is 21.5 Å². The van der Waals surface area contributed by atoms with Gasteiger partial charge in [0.15, 0.2) is 5.82 Å². The van der Waals surface area contributed by atoms with Crippen LogP contribution >= 0.6 is 0 Å². The van der Waals surface area contributed by atoms with Gasteiger partial charge in [-0.2, -0.15) is 4.98 Å². The minimum absolute atomic E-state index is 0.158. The summed E-state index contributed by atoms with van der Waals surface area (Å²) in [7, 11) is 1.43. The summed E-state index contributed by atoms with van der Waals surface area (Å²) in [5.41, 5.74) is -0.158. The fraction of sp³-hybridized carbons (Fsp3) is 0.786. The van der Waals surface area contributed by atoms with Crippen LogP contribution in [0.5, 0.6) is 0 Å². The zero-order chi connectivity index (χ0) is 14.8. The zero-order valence-corrected chi connectivity index (χ0v) is 12.7. The van der Waals surface area contributed by atoms with Crippen molar-refractivity contribution in [1.82, 2.24) is 15.0 Å². The van der Waals surface area contributed by atoms with Crippen LogP contribution in [0.15, 0.2) is 4.52 Å². The normalized spacial score (nSPS) is 20.9. The number of likely N-dealkylation sites (tertiary alicyclic amines) is 1. The molecule has 0 unspecified atom stereocenters. The number of piperidine rings is 1. The van der Waals surface area contributed by atoms with E-state index in [0.717, 1.165) is 25.8 Å². The Bertz CT molecular complexity index is 464. The molecular weight excluding hydrogens is 258 g/mol.